The first-order chi connectivity index (χ1) is 11.6. The van der Waals surface area contributed by atoms with Crippen molar-refractivity contribution < 1.29 is 14.7 Å². The van der Waals surface area contributed by atoms with Crippen molar-refractivity contribution >= 4 is 22.6 Å². The van der Waals surface area contributed by atoms with Crippen molar-refractivity contribution in [3.8, 4) is 0 Å². The summed E-state index contributed by atoms with van der Waals surface area (Å²) in [7, 11) is 0. The van der Waals surface area contributed by atoms with E-state index in [1.165, 1.54) is 5.39 Å². The minimum atomic E-state index is -0.675. The van der Waals surface area contributed by atoms with Crippen LogP contribution in [0.5, 0.6) is 0 Å². The fourth-order valence-corrected chi connectivity index (χ4v) is 4.09. The molecule has 124 valence electrons. The van der Waals surface area contributed by atoms with Crippen molar-refractivity contribution in [2.24, 2.45) is 11.3 Å². The first kappa shape index (κ1) is 15.2. The molecule has 4 heteroatoms. The lowest BCUT2D eigenvalue weighted by molar-refractivity contribution is -0.139. The van der Waals surface area contributed by atoms with E-state index < -0.39 is 5.97 Å². The van der Waals surface area contributed by atoms with Gasteiger partial charge in [-0.05, 0) is 41.0 Å². The number of aliphatic carboxylic acids is 1. The van der Waals surface area contributed by atoms with E-state index >= 15 is 0 Å². The average Bonchev–Trinajstić information content (AvgIpc) is 3.29. The maximum Gasteiger partial charge on any atom is 0.307 e. The van der Waals surface area contributed by atoms with Crippen LogP contribution in [0.1, 0.15) is 24.8 Å². The lowest BCUT2D eigenvalue weighted by Crippen LogP contribution is -2.40. The van der Waals surface area contributed by atoms with Crippen LogP contribution in [0.3, 0.4) is 0 Å². The number of carbonyl (C=O) groups excluding carboxylic acids is 1. The van der Waals surface area contributed by atoms with Gasteiger partial charge < -0.3 is 10.0 Å². The van der Waals surface area contributed by atoms with Gasteiger partial charge in [-0.3, -0.25) is 9.59 Å². The quantitative estimate of drug-likeness (QED) is 0.944. The number of carbonyl (C=O) groups is 2. The Bertz CT molecular complexity index is 805. The Balaban J connectivity index is 1.39. The van der Waals surface area contributed by atoms with E-state index in [1.807, 2.05) is 23.1 Å². The van der Waals surface area contributed by atoms with Crippen molar-refractivity contribution in [2.45, 2.75) is 25.7 Å². The average molecular weight is 323 g/mol. The van der Waals surface area contributed by atoms with E-state index in [4.69, 9.17) is 5.11 Å². The second kappa shape index (κ2) is 5.62. The highest BCUT2D eigenvalue weighted by Crippen LogP contribution is 2.59. The van der Waals surface area contributed by atoms with Crippen molar-refractivity contribution in [2.75, 3.05) is 13.1 Å². The summed E-state index contributed by atoms with van der Waals surface area (Å²) in [6.07, 6.45) is 2.86. The van der Waals surface area contributed by atoms with Gasteiger partial charge in [0.2, 0.25) is 5.91 Å². The molecule has 1 saturated heterocycles. The zero-order valence-corrected chi connectivity index (χ0v) is 13.6. The molecular formula is C20H21NO3. The van der Waals surface area contributed by atoms with E-state index in [0.29, 0.717) is 19.5 Å². The van der Waals surface area contributed by atoms with E-state index in [0.717, 1.165) is 30.2 Å². The largest absolute Gasteiger partial charge is 0.481 e. The highest BCUT2D eigenvalue weighted by Gasteiger charge is 2.59. The molecule has 2 fully saturated rings. The van der Waals surface area contributed by atoms with E-state index in [-0.39, 0.29) is 17.2 Å². The number of hydrogen-bond donors (Lipinski definition) is 1. The van der Waals surface area contributed by atoms with Crippen LogP contribution in [-0.2, 0) is 16.0 Å². The third-order valence-corrected chi connectivity index (χ3v) is 5.77. The SMILES string of the molecule is O=C(O)C1CC12CCN(C(=O)Cc1ccc3ccccc3c1)CC2. The predicted octanol–water partition coefficient (Wildman–Crippen LogP) is 3.10. The number of carboxylic acid groups (broad SMARTS) is 1. The Kier molecular flexibility index (Phi) is 3.56. The van der Waals surface area contributed by atoms with Crippen LogP contribution >= 0.6 is 0 Å². The smallest absolute Gasteiger partial charge is 0.307 e. The van der Waals surface area contributed by atoms with Crippen LogP contribution in [-0.4, -0.2) is 35.0 Å². The number of rotatable bonds is 3. The number of piperidine rings is 1. The summed E-state index contributed by atoms with van der Waals surface area (Å²) >= 11 is 0. The Morgan fingerprint density at radius 2 is 1.79 bits per heavy atom. The summed E-state index contributed by atoms with van der Waals surface area (Å²) in [6.45, 7) is 1.38. The summed E-state index contributed by atoms with van der Waals surface area (Å²) in [4.78, 5) is 25.6. The van der Waals surface area contributed by atoms with Gasteiger partial charge in [0, 0.05) is 13.1 Å². The first-order valence-corrected chi connectivity index (χ1v) is 8.56. The Morgan fingerprint density at radius 1 is 1.08 bits per heavy atom. The molecule has 2 aromatic carbocycles. The molecule has 24 heavy (non-hydrogen) atoms. The van der Waals surface area contributed by atoms with E-state index in [1.54, 1.807) is 0 Å². The first-order valence-electron chi connectivity index (χ1n) is 8.56. The van der Waals surface area contributed by atoms with Crippen LogP contribution in [0.25, 0.3) is 10.8 Å². The lowest BCUT2D eigenvalue weighted by atomic mass is 9.90. The molecule has 2 aliphatic rings. The van der Waals surface area contributed by atoms with Crippen molar-refractivity contribution in [1.29, 1.82) is 0 Å². The molecule has 4 rings (SSSR count). The molecule has 1 spiro atoms. The minimum absolute atomic E-state index is 0.0223. The molecule has 0 radical (unpaired) electrons. The van der Waals surface area contributed by atoms with Gasteiger partial charge in [0.1, 0.15) is 0 Å². The van der Waals surface area contributed by atoms with Crippen molar-refractivity contribution in [1.82, 2.24) is 4.90 Å². The number of carboxylic acids is 1. The highest BCUT2D eigenvalue weighted by molar-refractivity contribution is 5.85. The molecule has 1 N–H and O–H groups in total. The molecule has 1 unspecified atom stereocenters. The third kappa shape index (κ3) is 2.66. The maximum absolute atomic E-state index is 12.6. The third-order valence-electron chi connectivity index (χ3n) is 5.77. The minimum Gasteiger partial charge on any atom is -0.481 e. The Hall–Kier alpha value is -2.36. The molecule has 0 bridgehead atoms. The Labute approximate surface area is 141 Å². The summed E-state index contributed by atoms with van der Waals surface area (Å²) in [5.41, 5.74) is 1.01. The fourth-order valence-electron chi connectivity index (χ4n) is 4.09. The topological polar surface area (TPSA) is 57.6 Å². The maximum atomic E-state index is 12.6. The number of hydrogen-bond acceptors (Lipinski definition) is 2. The number of likely N-dealkylation sites (tertiary alicyclic amines) is 1. The molecule has 1 aliphatic carbocycles. The second-order valence-electron chi connectivity index (χ2n) is 7.20. The molecule has 1 aliphatic heterocycles. The van der Waals surface area contributed by atoms with Crippen LogP contribution in [0.2, 0.25) is 0 Å². The van der Waals surface area contributed by atoms with Crippen molar-refractivity contribution in [3.63, 3.8) is 0 Å². The highest BCUT2D eigenvalue weighted by atomic mass is 16.4. The normalized spacial score (nSPS) is 21.8. The predicted molar refractivity (Wildman–Crippen MR) is 91.6 cm³/mol. The molecule has 2 aromatic rings. The Morgan fingerprint density at radius 3 is 2.46 bits per heavy atom. The molecule has 1 amide bonds. The number of fused-ring (bicyclic) bond motifs is 1. The van der Waals surface area contributed by atoms with Crippen LogP contribution in [0, 0.1) is 11.3 Å². The molecule has 1 saturated carbocycles. The standard InChI is InChI=1S/C20H21NO3/c22-18(12-14-5-6-15-3-1-2-4-16(15)11-14)21-9-7-20(8-10-21)13-17(20)19(23)24/h1-6,11,17H,7-10,12-13H2,(H,23,24). The molecule has 1 atom stereocenters. The van der Waals surface area contributed by atoms with E-state index in [9.17, 15) is 9.59 Å². The number of nitrogens with zero attached hydrogens (tertiary/aromatic N) is 1. The van der Waals surface area contributed by atoms with Crippen LogP contribution in [0.15, 0.2) is 42.5 Å². The van der Waals surface area contributed by atoms with Gasteiger partial charge in [0.25, 0.3) is 0 Å². The molecule has 1 heterocycles. The number of benzene rings is 2. The molecular weight excluding hydrogens is 302 g/mol. The summed E-state index contributed by atoms with van der Waals surface area (Å²) < 4.78 is 0. The van der Waals surface area contributed by atoms with Crippen LogP contribution in [0.4, 0.5) is 0 Å². The fraction of sp³-hybridized carbons (Fsp3) is 0.400. The van der Waals surface area contributed by atoms with Gasteiger partial charge in [-0.2, -0.15) is 0 Å². The molecule has 0 aromatic heterocycles. The summed E-state index contributed by atoms with van der Waals surface area (Å²) in [5, 5.41) is 11.5. The second-order valence-corrected chi connectivity index (χ2v) is 7.20. The summed E-state index contributed by atoms with van der Waals surface area (Å²) in [5.74, 6) is -0.714. The van der Waals surface area contributed by atoms with Gasteiger partial charge >= 0.3 is 5.97 Å². The summed E-state index contributed by atoms with van der Waals surface area (Å²) in [6, 6.07) is 14.3. The zero-order valence-electron chi connectivity index (χ0n) is 13.6. The number of amides is 1. The monoisotopic (exact) mass is 323 g/mol. The molecule has 4 nitrogen and oxygen atoms in total. The zero-order chi connectivity index (χ0) is 16.7. The van der Waals surface area contributed by atoms with Gasteiger partial charge in [-0.25, -0.2) is 0 Å². The van der Waals surface area contributed by atoms with Gasteiger partial charge in [0.15, 0.2) is 0 Å². The van der Waals surface area contributed by atoms with E-state index in [2.05, 4.69) is 24.3 Å². The van der Waals surface area contributed by atoms with Crippen molar-refractivity contribution in [3.05, 3.63) is 48.0 Å². The van der Waals surface area contributed by atoms with Crippen LogP contribution < -0.4 is 0 Å². The van der Waals surface area contributed by atoms with Gasteiger partial charge in [-0.15, -0.1) is 0 Å². The van der Waals surface area contributed by atoms with Gasteiger partial charge in [-0.1, -0.05) is 42.5 Å². The van der Waals surface area contributed by atoms with Gasteiger partial charge in [0.05, 0.1) is 12.3 Å². The lowest BCUT2D eigenvalue weighted by Gasteiger charge is -2.32.